The zero-order valence-corrected chi connectivity index (χ0v) is 54.5. The smallest absolute Gasteiger partial charge is 0.427 e. The summed E-state index contributed by atoms with van der Waals surface area (Å²) in [6.45, 7) is 3.13. The van der Waals surface area contributed by atoms with Crippen LogP contribution in [0.15, 0.2) is 103 Å². The predicted octanol–water partition coefficient (Wildman–Crippen LogP) is 20.0. The van der Waals surface area contributed by atoms with E-state index >= 15 is 13.2 Å². The molecule has 582 valence electrons. The van der Waals surface area contributed by atoms with Crippen molar-refractivity contribution in [2.24, 2.45) is 0 Å². The third-order valence-electron chi connectivity index (χ3n) is 13.6. The first-order valence-corrected chi connectivity index (χ1v) is 29.1. The molecular formula is C58H37Br2F32N3O10. The van der Waals surface area contributed by atoms with Gasteiger partial charge >= 0.3 is 94.4 Å². The van der Waals surface area contributed by atoms with Gasteiger partial charge in [-0.1, -0.05) is 67.6 Å². The number of benzene rings is 5. The Morgan fingerprint density at radius 2 is 0.762 bits per heavy atom. The number of hydrogen-bond acceptors (Lipinski definition) is 12. The summed E-state index contributed by atoms with van der Waals surface area (Å²) < 4.78 is 439. The highest BCUT2D eigenvalue weighted by Gasteiger charge is 2.87. The quantitative estimate of drug-likeness (QED) is 0.0260. The largest absolute Gasteiger partial charge is 0.471 e. The molecule has 1 heterocycles. The van der Waals surface area contributed by atoms with Crippen molar-refractivity contribution in [3.8, 4) is 22.9 Å². The van der Waals surface area contributed by atoms with Crippen LogP contribution in [0.2, 0.25) is 0 Å². The van der Waals surface area contributed by atoms with Crippen molar-refractivity contribution in [1.29, 1.82) is 0 Å². The number of nitrogens with zero attached hydrogens (tertiary/aromatic N) is 1. The van der Waals surface area contributed by atoms with Gasteiger partial charge in [0.25, 0.3) is 0 Å². The Kier molecular flexibility index (Phi) is 24.9. The second-order valence-electron chi connectivity index (χ2n) is 21.2. The number of alkyl halides is 34. The summed E-state index contributed by atoms with van der Waals surface area (Å²) in [5.41, 5.74) is 0.983. The lowest BCUT2D eigenvalue weighted by molar-refractivity contribution is -0.545. The molecular weight excluding hydrogens is 1670 g/mol. The molecule has 5 aromatic carbocycles. The van der Waals surface area contributed by atoms with Crippen LogP contribution < -0.4 is 14.8 Å². The van der Waals surface area contributed by atoms with Gasteiger partial charge < -0.3 is 19.8 Å². The Morgan fingerprint density at radius 1 is 0.419 bits per heavy atom. The van der Waals surface area contributed by atoms with Crippen LogP contribution in [-0.4, -0.2) is 135 Å². The fourth-order valence-electron chi connectivity index (χ4n) is 8.04. The molecule has 4 atom stereocenters. The number of halogens is 34. The zero-order chi connectivity index (χ0) is 80.9. The minimum Gasteiger partial charge on any atom is -0.427 e. The molecule has 6 aromatic rings. The predicted molar refractivity (Wildman–Crippen MR) is 298 cm³/mol. The Bertz CT molecular complexity index is 4150. The van der Waals surface area contributed by atoms with E-state index in [0.29, 0.717) is 72.5 Å². The number of hydrogen-bond donors (Lipinski definition) is 2. The maximum atomic E-state index is 15.0. The van der Waals surface area contributed by atoms with E-state index in [2.05, 4.69) is 34.2 Å². The van der Waals surface area contributed by atoms with E-state index in [0.717, 1.165) is 55.2 Å². The van der Waals surface area contributed by atoms with Crippen LogP contribution in [0.1, 0.15) is 78.9 Å². The molecule has 0 saturated carbocycles. The van der Waals surface area contributed by atoms with Crippen molar-refractivity contribution in [2.45, 2.75) is 134 Å². The Labute approximate surface area is 580 Å². The average molecular weight is 1700 g/mol. The highest BCUT2D eigenvalue weighted by molar-refractivity contribution is 9.10. The summed E-state index contributed by atoms with van der Waals surface area (Å²) in [4.78, 5) is 57.3. The molecule has 0 aliphatic rings. The van der Waals surface area contributed by atoms with Gasteiger partial charge in [0, 0.05) is 42.3 Å². The van der Waals surface area contributed by atoms with Gasteiger partial charge in [-0.25, -0.2) is 4.98 Å². The molecule has 1 aromatic heterocycles. The number of carbonyl (C=O) groups is 4. The van der Waals surface area contributed by atoms with Crippen molar-refractivity contribution in [3.63, 3.8) is 0 Å². The van der Waals surface area contributed by atoms with Crippen LogP contribution in [0, 0.1) is 0 Å². The third-order valence-corrected chi connectivity index (χ3v) is 14.9. The lowest BCUT2D eigenvalue weighted by Crippen LogP contribution is -2.67. The van der Waals surface area contributed by atoms with Gasteiger partial charge in [-0.15, -0.1) is 0 Å². The second kappa shape index (κ2) is 29.8. The van der Waals surface area contributed by atoms with Gasteiger partial charge in [0.1, 0.15) is 17.3 Å². The van der Waals surface area contributed by atoms with Gasteiger partial charge in [-0.2, -0.15) is 140 Å². The number of imidazole rings is 1. The molecule has 2 N–H and O–H groups in total. The number of Topliss-reactive ketones (excluding diaryl/α,β-unsaturated/α-hetero) is 4. The summed E-state index contributed by atoms with van der Waals surface area (Å²) in [5.74, 6) is -38.5. The first-order valence-electron chi connectivity index (χ1n) is 27.5. The van der Waals surface area contributed by atoms with Gasteiger partial charge in [0.05, 0.1) is 22.2 Å². The lowest BCUT2D eigenvalue weighted by atomic mass is 9.99. The van der Waals surface area contributed by atoms with Crippen LogP contribution in [0.25, 0.3) is 22.4 Å². The number of H-pyrrole nitrogens is 1. The minimum atomic E-state index is -7.93. The zero-order valence-electron chi connectivity index (χ0n) is 51.3. The van der Waals surface area contributed by atoms with E-state index < -0.39 is 164 Å². The van der Waals surface area contributed by atoms with E-state index in [-0.39, 0.29) is 5.56 Å². The molecule has 0 bridgehead atoms. The van der Waals surface area contributed by atoms with Crippen LogP contribution >= 0.6 is 31.9 Å². The number of nitrogens with one attached hydrogen (secondary N) is 2. The molecule has 0 amide bonds. The number of aromatic nitrogens is 2. The number of fused-ring (bicyclic) bond motifs is 1. The number of rotatable bonds is 29. The number of ketones is 4. The van der Waals surface area contributed by atoms with Crippen LogP contribution in [-0.2, 0) is 38.2 Å². The van der Waals surface area contributed by atoms with Gasteiger partial charge in [-0.05, 0) is 111 Å². The van der Waals surface area contributed by atoms with Crippen LogP contribution in [0.4, 0.5) is 146 Å². The number of ether oxygens (including phenoxy) is 6. The van der Waals surface area contributed by atoms with Crippen LogP contribution in [0.5, 0.6) is 11.5 Å². The van der Waals surface area contributed by atoms with Crippen molar-refractivity contribution in [3.05, 3.63) is 142 Å². The maximum absolute atomic E-state index is 15.0. The monoisotopic (exact) mass is 1700 g/mol. The van der Waals surface area contributed by atoms with Gasteiger partial charge in [0.15, 0.2) is 23.1 Å². The molecule has 0 aliphatic carbocycles. The molecule has 0 radical (unpaired) electrons. The van der Waals surface area contributed by atoms with E-state index in [9.17, 15) is 147 Å². The number of aromatic amines is 1. The number of carbonyl (C=O) groups excluding carboxylic acids is 4. The minimum absolute atomic E-state index is 0.278. The molecule has 13 nitrogen and oxygen atoms in total. The first-order chi connectivity index (χ1) is 47.1. The Balaban J connectivity index is 0.000000383. The molecule has 0 aliphatic heterocycles. The molecule has 4 unspecified atom stereocenters. The summed E-state index contributed by atoms with van der Waals surface area (Å²) in [6, 6.07) is 21.1. The van der Waals surface area contributed by atoms with Crippen LogP contribution in [0.3, 0.4) is 0 Å². The second-order valence-corrected chi connectivity index (χ2v) is 23.3. The van der Waals surface area contributed by atoms with Crippen molar-refractivity contribution in [1.82, 2.24) is 9.97 Å². The average Bonchev–Trinajstić information content (AvgIpc) is 1.20. The van der Waals surface area contributed by atoms with Crippen molar-refractivity contribution < 1.29 is 188 Å². The molecule has 6 rings (SSSR count). The first kappa shape index (κ1) is 87.8. The summed E-state index contributed by atoms with van der Waals surface area (Å²) in [5, 5.41) is 2.96. The van der Waals surface area contributed by atoms with E-state index in [4.69, 9.17) is 0 Å². The highest BCUT2D eigenvalue weighted by Crippen LogP contribution is 2.60. The Morgan fingerprint density at radius 3 is 1.08 bits per heavy atom. The van der Waals surface area contributed by atoms with Gasteiger partial charge in [-0.3, -0.25) is 38.1 Å². The molecule has 0 saturated heterocycles. The molecule has 105 heavy (non-hydrogen) atoms. The maximum Gasteiger partial charge on any atom is 0.471 e. The van der Waals surface area contributed by atoms with Crippen molar-refractivity contribution >= 4 is 71.7 Å². The van der Waals surface area contributed by atoms with E-state index in [1.807, 2.05) is 6.92 Å². The molecule has 0 spiro atoms. The highest BCUT2D eigenvalue weighted by atomic mass is 79.9. The molecule has 47 heteroatoms. The Hall–Kier alpha value is -7.79. The topological polar surface area (TPSA) is 164 Å². The number of anilines is 1. The summed E-state index contributed by atoms with van der Waals surface area (Å²) in [6.07, 6.45) is -74.8. The standard InChI is InChI=1S/C32H20BrF16N3O5.C26H17BrF16O5/c1-14(53)19-9-7-17(22(54)11-15-3-5-16(6-4-15)24-51-20-10-8-18(50-2)13-21(20)52-24)12-23(19)55-32(48,49)27(33,37)57-31(46,47)26(36,29(41,42)43)56-30(44,45)25(34,35)28(38,39)40;1-3-13-4-6-14(7-5-13)10-17(45)15-8-9-16(12(2)44)18(11-15)46-26(42,43)21(27,31)48-25(40,41)20(30,23(35,36)37)47-24(38,39)19(28,29)22(32,33)34/h3-10,12-13,50H,11H2,1-2H3,(H,51,52);4-9,11H,3,10H2,1-2H3. The van der Waals surface area contributed by atoms with Crippen molar-refractivity contribution in [2.75, 3.05) is 12.4 Å². The molecule has 0 fully saturated rings. The SMILES string of the molecule is CCc1ccc(CC(=O)c2ccc(C(C)=O)c(OC(F)(F)C(F)(Br)OC(F)(F)C(F)(OC(F)(F)C(F)(F)C(F)(F)F)C(F)(F)F)c2)cc1.CNc1ccc2nc(-c3ccc(CC(=O)c4ccc(C(C)=O)c(OC(F)(F)C(F)(Br)OC(F)(F)C(F)(OC(F)(F)C(F)(F)C(F)(F)F)C(F)(F)F)c4)cc3)[nH]c2c1. The third kappa shape index (κ3) is 18.4. The fourth-order valence-corrected chi connectivity index (χ4v) is 8.60. The summed E-state index contributed by atoms with van der Waals surface area (Å²) >= 11 is 1.96. The normalized spacial score (nSPS) is 15.9. The van der Waals surface area contributed by atoms with E-state index in [1.165, 1.54) is 24.3 Å². The van der Waals surface area contributed by atoms with Gasteiger partial charge in [0.2, 0.25) is 0 Å². The lowest BCUT2D eigenvalue weighted by Gasteiger charge is -2.40. The summed E-state index contributed by atoms with van der Waals surface area (Å²) in [7, 11) is 1.71. The van der Waals surface area contributed by atoms with E-state index in [1.54, 1.807) is 59.0 Å². The fraction of sp³-hybridized carbons (Fsp3) is 0.397. The number of aryl methyl sites for hydroxylation is 1.